The third kappa shape index (κ3) is 0.943. The average Bonchev–Trinajstić information content (AvgIpc) is 2.75. The molecule has 1 N–H and O–H groups in total. The summed E-state index contributed by atoms with van der Waals surface area (Å²) in [5.74, 6) is 0. The van der Waals surface area contributed by atoms with Gasteiger partial charge in [-0.2, -0.15) is 0 Å². The molecule has 84 valence electrons. The van der Waals surface area contributed by atoms with E-state index in [0.29, 0.717) is 15.9 Å². The number of aliphatic hydroxyl groups is 1. The van der Waals surface area contributed by atoms with Crippen LogP contribution in [0.1, 0.15) is 18.6 Å². The van der Waals surface area contributed by atoms with Crippen LogP contribution in [0.5, 0.6) is 0 Å². The number of aromatic nitrogens is 2. The molecule has 2 heterocycles. The Morgan fingerprint density at radius 3 is 3.06 bits per heavy atom. The van der Waals surface area contributed by atoms with Crippen molar-refractivity contribution in [3.05, 3.63) is 22.9 Å². The van der Waals surface area contributed by atoms with Crippen molar-refractivity contribution < 1.29 is 14.6 Å². The molecule has 0 saturated carbocycles. The zero-order valence-electron chi connectivity index (χ0n) is 8.91. The van der Waals surface area contributed by atoms with Gasteiger partial charge in [0.05, 0.1) is 6.04 Å². The third-order valence-electron chi connectivity index (χ3n) is 3.30. The number of hydrogen-bond acceptors (Lipinski definition) is 5. The molecule has 1 aromatic heterocycles. The van der Waals surface area contributed by atoms with Crippen LogP contribution in [-0.4, -0.2) is 23.4 Å². The van der Waals surface area contributed by atoms with Crippen LogP contribution >= 0.6 is 0 Å². The smallest absolute Gasteiger partial charge is 0.272 e. The van der Waals surface area contributed by atoms with Gasteiger partial charge in [-0.1, -0.05) is 0 Å². The number of anilines is 1. The molecule has 1 aromatic carbocycles. The van der Waals surface area contributed by atoms with E-state index in [1.165, 1.54) is 0 Å². The van der Waals surface area contributed by atoms with Gasteiger partial charge in [-0.05, 0) is 24.0 Å². The molecule has 0 bridgehead atoms. The van der Waals surface area contributed by atoms with Crippen LogP contribution in [0.2, 0.25) is 0 Å². The zero-order chi connectivity index (χ0) is 11.4. The second-order valence-corrected chi connectivity index (χ2v) is 4.10. The van der Waals surface area contributed by atoms with Crippen LogP contribution in [0.25, 0.3) is 11.0 Å². The molecular weight excluding hydrogens is 210 g/mol. The topological polar surface area (TPSA) is 76.4 Å². The van der Waals surface area contributed by atoms with Gasteiger partial charge >= 0.3 is 0 Å². The number of aliphatic hydroxyl groups excluding tert-OH is 1. The Balaban J connectivity index is 2.36. The van der Waals surface area contributed by atoms with Crippen molar-refractivity contribution in [2.75, 3.05) is 11.9 Å². The van der Waals surface area contributed by atoms with Crippen LogP contribution in [0.4, 0.5) is 5.69 Å². The van der Waals surface area contributed by atoms with Crippen molar-refractivity contribution in [3.63, 3.8) is 0 Å². The summed E-state index contributed by atoms with van der Waals surface area (Å²) in [6.07, 6.45) is -0.554. The van der Waals surface area contributed by atoms with E-state index < -0.39 is 6.10 Å². The second-order valence-electron chi connectivity index (χ2n) is 4.10. The largest absolute Gasteiger partial charge is 0.386 e. The SMILES string of the molecule is CC1C(O)c2ccc3c(no[n+]3[O-])c2N1C. The Kier molecular flexibility index (Phi) is 1.68. The van der Waals surface area contributed by atoms with Crippen molar-refractivity contribution in [1.29, 1.82) is 0 Å². The quantitative estimate of drug-likeness (QED) is 0.649. The fraction of sp³-hybridized carbons (Fsp3) is 0.400. The van der Waals surface area contributed by atoms with Crippen LogP contribution < -0.4 is 9.80 Å². The van der Waals surface area contributed by atoms with E-state index in [0.717, 1.165) is 11.3 Å². The summed E-state index contributed by atoms with van der Waals surface area (Å²) in [7, 11) is 1.86. The maximum Gasteiger partial charge on any atom is 0.272 e. The van der Waals surface area contributed by atoms with Gasteiger partial charge in [0.1, 0.15) is 11.8 Å². The Hall–Kier alpha value is -1.82. The minimum atomic E-state index is -0.554. The molecule has 6 heteroatoms. The van der Waals surface area contributed by atoms with Crippen molar-refractivity contribution in [1.82, 2.24) is 5.16 Å². The van der Waals surface area contributed by atoms with Crippen molar-refractivity contribution in [3.8, 4) is 0 Å². The molecule has 0 aliphatic carbocycles. The number of likely N-dealkylation sites (N-methyl/N-ethyl adjacent to an activating group) is 1. The maximum absolute atomic E-state index is 11.3. The van der Waals surface area contributed by atoms with E-state index in [9.17, 15) is 10.3 Å². The number of hydrogen-bond donors (Lipinski definition) is 1. The van der Waals surface area contributed by atoms with Crippen molar-refractivity contribution >= 4 is 16.7 Å². The van der Waals surface area contributed by atoms with Crippen LogP contribution in [0.3, 0.4) is 0 Å². The lowest BCUT2D eigenvalue weighted by Gasteiger charge is -2.18. The van der Waals surface area contributed by atoms with Crippen molar-refractivity contribution in [2.24, 2.45) is 0 Å². The molecule has 1 aliphatic heterocycles. The molecule has 6 nitrogen and oxygen atoms in total. The van der Waals surface area contributed by atoms with Crippen LogP contribution in [-0.2, 0) is 0 Å². The molecule has 2 atom stereocenters. The normalized spacial score (nSPS) is 24.1. The molecule has 0 saturated heterocycles. The van der Waals surface area contributed by atoms with Gasteiger partial charge in [0.25, 0.3) is 5.52 Å². The van der Waals surface area contributed by atoms with Gasteiger partial charge in [-0.25, -0.2) is 0 Å². The number of nitrogens with zero attached hydrogens (tertiary/aromatic N) is 3. The first-order chi connectivity index (χ1) is 7.61. The Morgan fingerprint density at radius 1 is 1.56 bits per heavy atom. The van der Waals surface area contributed by atoms with E-state index in [1.54, 1.807) is 12.1 Å². The molecule has 0 fully saturated rings. The van der Waals surface area contributed by atoms with E-state index in [1.807, 2.05) is 18.9 Å². The Labute approximate surface area is 91.2 Å². The molecule has 0 amide bonds. The summed E-state index contributed by atoms with van der Waals surface area (Å²) in [5.41, 5.74) is 2.44. The van der Waals surface area contributed by atoms with E-state index >= 15 is 0 Å². The van der Waals surface area contributed by atoms with Gasteiger partial charge in [0.2, 0.25) is 5.52 Å². The number of benzene rings is 1. The molecule has 3 rings (SSSR count). The fourth-order valence-corrected chi connectivity index (χ4v) is 2.23. The number of rotatable bonds is 0. The molecule has 1 aliphatic rings. The minimum Gasteiger partial charge on any atom is -0.386 e. The zero-order valence-corrected chi connectivity index (χ0v) is 8.91. The lowest BCUT2D eigenvalue weighted by molar-refractivity contribution is -0.782. The predicted molar refractivity (Wildman–Crippen MR) is 55.8 cm³/mol. The fourth-order valence-electron chi connectivity index (χ4n) is 2.23. The summed E-state index contributed by atoms with van der Waals surface area (Å²) in [6, 6.07) is 3.33. The summed E-state index contributed by atoms with van der Waals surface area (Å²) in [5, 5.41) is 25.0. The van der Waals surface area contributed by atoms with Gasteiger partial charge in [0, 0.05) is 17.8 Å². The van der Waals surface area contributed by atoms with Crippen LogP contribution in [0, 0.1) is 5.21 Å². The highest BCUT2D eigenvalue weighted by molar-refractivity contribution is 5.90. The van der Waals surface area contributed by atoms with E-state index in [-0.39, 0.29) is 6.04 Å². The monoisotopic (exact) mass is 221 g/mol. The molecule has 0 radical (unpaired) electrons. The van der Waals surface area contributed by atoms with E-state index in [4.69, 9.17) is 0 Å². The first kappa shape index (κ1) is 9.41. The molecule has 0 spiro atoms. The highest BCUT2D eigenvalue weighted by Gasteiger charge is 2.36. The number of fused-ring (bicyclic) bond motifs is 3. The molecule has 2 unspecified atom stereocenters. The minimum absolute atomic E-state index is 0.0302. The third-order valence-corrected chi connectivity index (χ3v) is 3.30. The first-order valence-corrected chi connectivity index (χ1v) is 5.04. The summed E-state index contributed by atoms with van der Waals surface area (Å²) >= 11 is 0. The van der Waals surface area contributed by atoms with Crippen LogP contribution in [0.15, 0.2) is 16.8 Å². The van der Waals surface area contributed by atoms with E-state index in [2.05, 4.69) is 9.79 Å². The summed E-state index contributed by atoms with van der Waals surface area (Å²) in [6.45, 7) is 1.92. The van der Waals surface area contributed by atoms with Gasteiger partial charge in [-0.3, -0.25) is 4.63 Å². The predicted octanol–water partition coefficient (Wildman–Crippen LogP) is 0.333. The molecule has 2 aromatic rings. The van der Waals surface area contributed by atoms with Gasteiger partial charge in [-0.15, -0.1) is 0 Å². The standard InChI is InChI=1S/C10H11N3O3/c1-5-10(14)6-3-4-7-8(9(6)12(5)2)11-16-13(7)15/h3-5,10,14H,1-2H3. The second kappa shape index (κ2) is 2.85. The first-order valence-electron chi connectivity index (χ1n) is 5.04. The van der Waals surface area contributed by atoms with Crippen molar-refractivity contribution in [2.45, 2.75) is 19.1 Å². The lowest BCUT2D eigenvalue weighted by atomic mass is 10.1. The highest BCUT2D eigenvalue weighted by atomic mass is 16.8. The Bertz CT molecular complexity index is 566. The Morgan fingerprint density at radius 2 is 2.31 bits per heavy atom. The average molecular weight is 221 g/mol. The lowest BCUT2D eigenvalue weighted by Crippen LogP contribution is -2.27. The maximum atomic E-state index is 11.3. The molecule has 16 heavy (non-hydrogen) atoms. The summed E-state index contributed by atoms with van der Waals surface area (Å²) in [4.78, 5) is 2.28. The van der Waals surface area contributed by atoms with Gasteiger partial charge in [0.15, 0.2) is 0 Å². The molecular formula is C10H11N3O3. The highest BCUT2D eigenvalue weighted by Crippen LogP contribution is 2.41. The van der Waals surface area contributed by atoms with Gasteiger partial charge < -0.3 is 15.2 Å². The summed E-state index contributed by atoms with van der Waals surface area (Å²) < 4.78 is 4.56.